The summed E-state index contributed by atoms with van der Waals surface area (Å²) in [7, 11) is 0. The molecule has 1 aliphatic rings. The van der Waals surface area contributed by atoms with Crippen LogP contribution >= 0.6 is 24.0 Å². The van der Waals surface area contributed by atoms with Crippen LogP contribution < -0.4 is 14.8 Å². The molecule has 150 valence electrons. The van der Waals surface area contributed by atoms with Gasteiger partial charge in [0.15, 0.2) is 11.5 Å². The van der Waals surface area contributed by atoms with Gasteiger partial charge in [0, 0.05) is 30.7 Å². The quantitative estimate of drug-likeness (QED) is 0.566. The molecule has 1 saturated heterocycles. The average Bonchev–Trinajstić information content (AvgIpc) is 2.63. The third kappa shape index (κ3) is 7.89. The SMILES string of the molecule is CCCOc1cc(Cl)c(CNCCCN2CCOCC2)cc1OCC.Cl. The van der Waals surface area contributed by atoms with Crippen LogP contribution in [0.2, 0.25) is 5.02 Å². The Hall–Kier alpha value is -0.720. The number of hydrogen-bond donors (Lipinski definition) is 1. The van der Waals surface area contributed by atoms with Crippen LogP contribution in [0, 0.1) is 0 Å². The minimum Gasteiger partial charge on any atom is -0.490 e. The second kappa shape index (κ2) is 13.4. The fraction of sp³-hybridized carbons (Fsp3) is 0.684. The van der Waals surface area contributed by atoms with Crippen LogP contribution in [-0.4, -0.2) is 57.5 Å². The molecule has 1 fully saturated rings. The number of nitrogens with zero attached hydrogens (tertiary/aromatic N) is 1. The van der Waals surface area contributed by atoms with Crippen LogP contribution in [0.15, 0.2) is 12.1 Å². The molecule has 0 aromatic heterocycles. The Balaban J connectivity index is 0.00000338. The molecule has 1 heterocycles. The average molecular weight is 407 g/mol. The summed E-state index contributed by atoms with van der Waals surface area (Å²) in [5, 5.41) is 4.19. The maximum Gasteiger partial charge on any atom is 0.162 e. The van der Waals surface area contributed by atoms with E-state index in [4.69, 9.17) is 25.8 Å². The van der Waals surface area contributed by atoms with Gasteiger partial charge < -0.3 is 19.5 Å². The predicted molar refractivity (Wildman–Crippen MR) is 109 cm³/mol. The number of ether oxygens (including phenoxy) is 3. The number of hydrogen-bond acceptors (Lipinski definition) is 5. The predicted octanol–water partition coefficient (Wildman–Crippen LogP) is 3.76. The summed E-state index contributed by atoms with van der Waals surface area (Å²) in [4.78, 5) is 2.45. The van der Waals surface area contributed by atoms with Crippen molar-refractivity contribution in [3.8, 4) is 11.5 Å². The first-order valence-electron chi connectivity index (χ1n) is 9.33. The van der Waals surface area contributed by atoms with E-state index in [0.717, 1.165) is 80.9 Å². The van der Waals surface area contributed by atoms with Gasteiger partial charge in [-0.25, -0.2) is 0 Å². The van der Waals surface area contributed by atoms with Crippen LogP contribution in [0.3, 0.4) is 0 Å². The molecule has 1 aliphatic heterocycles. The molecule has 0 unspecified atom stereocenters. The van der Waals surface area contributed by atoms with E-state index in [0.29, 0.717) is 13.2 Å². The van der Waals surface area contributed by atoms with E-state index in [9.17, 15) is 0 Å². The fourth-order valence-corrected chi connectivity index (χ4v) is 3.00. The van der Waals surface area contributed by atoms with Crippen molar-refractivity contribution in [2.24, 2.45) is 0 Å². The summed E-state index contributed by atoms with van der Waals surface area (Å²) in [5.74, 6) is 1.50. The van der Waals surface area contributed by atoms with E-state index in [2.05, 4.69) is 17.1 Å². The third-order valence-corrected chi connectivity index (χ3v) is 4.47. The molecule has 5 nitrogen and oxygen atoms in total. The molecular formula is C19H32Cl2N2O3. The van der Waals surface area contributed by atoms with Crippen LogP contribution in [-0.2, 0) is 11.3 Å². The molecule has 2 rings (SSSR count). The largest absolute Gasteiger partial charge is 0.490 e. The van der Waals surface area contributed by atoms with Gasteiger partial charge in [0.25, 0.3) is 0 Å². The summed E-state index contributed by atoms with van der Waals surface area (Å²) in [5.41, 5.74) is 1.04. The zero-order valence-electron chi connectivity index (χ0n) is 15.9. The molecule has 1 aromatic rings. The van der Waals surface area contributed by atoms with Crippen molar-refractivity contribution in [1.29, 1.82) is 0 Å². The first-order valence-corrected chi connectivity index (χ1v) is 9.71. The maximum atomic E-state index is 6.42. The van der Waals surface area contributed by atoms with Gasteiger partial charge in [-0.1, -0.05) is 18.5 Å². The molecular weight excluding hydrogens is 375 g/mol. The van der Waals surface area contributed by atoms with E-state index < -0.39 is 0 Å². The highest BCUT2D eigenvalue weighted by molar-refractivity contribution is 6.31. The number of morpholine rings is 1. The normalized spacial score (nSPS) is 14.7. The molecule has 26 heavy (non-hydrogen) atoms. The lowest BCUT2D eigenvalue weighted by Gasteiger charge is -2.26. The lowest BCUT2D eigenvalue weighted by atomic mass is 10.2. The summed E-state index contributed by atoms with van der Waals surface area (Å²) in [6, 6.07) is 3.86. The van der Waals surface area contributed by atoms with Crippen molar-refractivity contribution in [2.75, 3.05) is 52.6 Å². The highest BCUT2D eigenvalue weighted by Gasteiger charge is 2.12. The third-order valence-electron chi connectivity index (χ3n) is 4.12. The van der Waals surface area contributed by atoms with Crippen LogP contribution in [0.25, 0.3) is 0 Å². The second-order valence-electron chi connectivity index (χ2n) is 6.16. The smallest absolute Gasteiger partial charge is 0.162 e. The van der Waals surface area contributed by atoms with Gasteiger partial charge in [-0.3, -0.25) is 4.90 Å². The summed E-state index contributed by atoms with van der Waals surface area (Å²) < 4.78 is 16.8. The van der Waals surface area contributed by atoms with Crippen LogP contribution in [0.1, 0.15) is 32.3 Å². The highest BCUT2D eigenvalue weighted by Crippen LogP contribution is 2.33. The summed E-state index contributed by atoms with van der Waals surface area (Å²) in [6.45, 7) is 11.9. The minimum atomic E-state index is 0. The Morgan fingerprint density at radius 3 is 2.58 bits per heavy atom. The lowest BCUT2D eigenvalue weighted by Crippen LogP contribution is -2.37. The van der Waals surface area contributed by atoms with E-state index in [-0.39, 0.29) is 12.4 Å². The molecule has 0 spiro atoms. The number of rotatable bonds is 11. The van der Waals surface area contributed by atoms with Crippen LogP contribution in [0.4, 0.5) is 0 Å². The Kier molecular flexibility index (Phi) is 12.1. The fourth-order valence-electron chi connectivity index (χ4n) is 2.78. The highest BCUT2D eigenvalue weighted by atomic mass is 35.5. The number of nitrogens with one attached hydrogen (secondary N) is 1. The minimum absolute atomic E-state index is 0. The van der Waals surface area contributed by atoms with Gasteiger partial charge in [0.05, 0.1) is 26.4 Å². The van der Waals surface area contributed by atoms with Gasteiger partial charge in [-0.05, 0) is 44.5 Å². The van der Waals surface area contributed by atoms with Crippen molar-refractivity contribution in [3.63, 3.8) is 0 Å². The molecule has 1 N–H and O–H groups in total. The standard InChI is InChI=1S/C19H31ClN2O3.ClH/c1-3-10-25-19-14-17(20)16(13-18(19)24-4-2)15-21-6-5-7-22-8-11-23-12-9-22;/h13-14,21H,3-12,15H2,1-2H3;1H. The summed E-state index contributed by atoms with van der Waals surface area (Å²) >= 11 is 6.42. The van der Waals surface area contributed by atoms with Crippen molar-refractivity contribution < 1.29 is 14.2 Å². The van der Waals surface area contributed by atoms with Gasteiger partial charge in [0.1, 0.15) is 0 Å². The zero-order chi connectivity index (χ0) is 17.9. The van der Waals surface area contributed by atoms with E-state index in [1.165, 1.54) is 0 Å². The van der Waals surface area contributed by atoms with Crippen LogP contribution in [0.5, 0.6) is 11.5 Å². The van der Waals surface area contributed by atoms with E-state index in [1.54, 1.807) is 0 Å². The molecule has 0 bridgehead atoms. The van der Waals surface area contributed by atoms with E-state index >= 15 is 0 Å². The van der Waals surface area contributed by atoms with E-state index in [1.807, 2.05) is 19.1 Å². The second-order valence-corrected chi connectivity index (χ2v) is 6.56. The molecule has 0 atom stereocenters. The van der Waals surface area contributed by atoms with Gasteiger partial charge in [0.2, 0.25) is 0 Å². The van der Waals surface area contributed by atoms with Gasteiger partial charge in [-0.15, -0.1) is 12.4 Å². The lowest BCUT2D eigenvalue weighted by molar-refractivity contribution is 0.0374. The number of benzene rings is 1. The molecule has 0 amide bonds. The Morgan fingerprint density at radius 2 is 1.88 bits per heavy atom. The Bertz CT molecular complexity index is 512. The van der Waals surface area contributed by atoms with Crippen molar-refractivity contribution >= 4 is 24.0 Å². The van der Waals surface area contributed by atoms with Crippen molar-refractivity contribution in [3.05, 3.63) is 22.7 Å². The molecule has 1 aromatic carbocycles. The van der Waals surface area contributed by atoms with Gasteiger partial charge in [-0.2, -0.15) is 0 Å². The topological polar surface area (TPSA) is 43.0 Å². The van der Waals surface area contributed by atoms with Crippen molar-refractivity contribution in [2.45, 2.75) is 33.2 Å². The summed E-state index contributed by atoms with van der Waals surface area (Å²) in [6.07, 6.45) is 2.07. The van der Waals surface area contributed by atoms with Gasteiger partial charge >= 0.3 is 0 Å². The molecule has 0 saturated carbocycles. The number of halogens is 2. The Labute approximate surface area is 168 Å². The first-order chi connectivity index (χ1) is 12.2. The molecule has 0 radical (unpaired) electrons. The zero-order valence-corrected chi connectivity index (χ0v) is 17.5. The first kappa shape index (κ1) is 23.3. The monoisotopic (exact) mass is 406 g/mol. The molecule has 0 aliphatic carbocycles. The molecule has 7 heteroatoms. The Morgan fingerprint density at radius 1 is 1.15 bits per heavy atom. The maximum absolute atomic E-state index is 6.42. The van der Waals surface area contributed by atoms with Crippen molar-refractivity contribution in [1.82, 2.24) is 10.2 Å².